The fraction of sp³-hybridized carbons (Fsp3) is 0.462. The minimum atomic E-state index is -0.168. The van der Waals surface area contributed by atoms with Crippen LogP contribution in [0.5, 0.6) is 5.75 Å². The van der Waals surface area contributed by atoms with Gasteiger partial charge in [-0.2, -0.15) is 0 Å². The number of hydrogen-bond donors (Lipinski definition) is 2. The first-order valence-corrected chi connectivity index (χ1v) is 11.6. The zero-order valence-corrected chi connectivity index (χ0v) is 18.7. The highest BCUT2D eigenvalue weighted by molar-refractivity contribution is 5.96. The molecule has 170 valence electrons. The lowest BCUT2D eigenvalue weighted by Gasteiger charge is -2.38. The van der Waals surface area contributed by atoms with E-state index in [1.165, 1.54) is 5.56 Å². The summed E-state index contributed by atoms with van der Waals surface area (Å²) < 4.78 is 11.2. The molecular weight excluding hydrogens is 404 g/mol. The molecule has 2 aliphatic rings. The first-order valence-electron chi connectivity index (χ1n) is 11.6. The Morgan fingerprint density at radius 3 is 2.66 bits per heavy atom. The van der Waals surface area contributed by atoms with Crippen LogP contribution in [0.2, 0.25) is 0 Å². The standard InChI is InChI=1S/C26H32N2O4/c1-2-32-22-10-8-21(9-11-22)26(13-15-31-16-14-26)18-27-24(29)12-7-20-17-19-5-3-4-6-23(19)28-25(20)30/h3-6,8-11,20H,2,7,12-18H2,1H3,(H,27,29)(H,28,30). The SMILES string of the molecule is CCOc1ccc(C2(CNC(=O)CCC3Cc4ccccc4NC3=O)CCOCC2)cc1. The van der Waals surface area contributed by atoms with Gasteiger partial charge < -0.3 is 20.1 Å². The Hall–Kier alpha value is -2.86. The van der Waals surface area contributed by atoms with Crippen molar-refractivity contribution in [2.24, 2.45) is 5.92 Å². The number of carbonyl (C=O) groups excluding carboxylic acids is 2. The highest BCUT2D eigenvalue weighted by atomic mass is 16.5. The van der Waals surface area contributed by atoms with Crippen molar-refractivity contribution in [1.29, 1.82) is 0 Å². The first-order chi connectivity index (χ1) is 15.6. The van der Waals surface area contributed by atoms with E-state index in [1.54, 1.807) is 0 Å². The fourth-order valence-electron chi connectivity index (χ4n) is 4.71. The zero-order chi connectivity index (χ0) is 22.4. The van der Waals surface area contributed by atoms with E-state index in [4.69, 9.17) is 9.47 Å². The maximum absolute atomic E-state index is 12.7. The molecule has 2 N–H and O–H groups in total. The molecule has 2 aromatic carbocycles. The first kappa shape index (κ1) is 22.3. The van der Waals surface area contributed by atoms with Crippen molar-refractivity contribution in [2.75, 3.05) is 31.7 Å². The van der Waals surface area contributed by atoms with Gasteiger partial charge in [-0.25, -0.2) is 0 Å². The third kappa shape index (κ3) is 5.13. The number of benzene rings is 2. The molecule has 0 aromatic heterocycles. The quantitative estimate of drug-likeness (QED) is 0.659. The summed E-state index contributed by atoms with van der Waals surface area (Å²) in [4.78, 5) is 25.1. The predicted octanol–water partition coefficient (Wildman–Crippen LogP) is 3.84. The summed E-state index contributed by atoms with van der Waals surface area (Å²) in [5, 5.41) is 6.11. The van der Waals surface area contributed by atoms with E-state index in [0.29, 0.717) is 45.6 Å². The molecule has 1 fully saturated rings. The van der Waals surface area contributed by atoms with Gasteiger partial charge in [0.25, 0.3) is 0 Å². The van der Waals surface area contributed by atoms with Gasteiger partial charge >= 0.3 is 0 Å². The summed E-state index contributed by atoms with van der Waals surface area (Å²) in [5.74, 6) is 0.689. The molecule has 0 aliphatic carbocycles. The maximum Gasteiger partial charge on any atom is 0.227 e. The van der Waals surface area contributed by atoms with Crippen LogP contribution in [0.4, 0.5) is 5.69 Å². The minimum absolute atomic E-state index is 0.00605. The van der Waals surface area contributed by atoms with Crippen LogP contribution in [-0.2, 0) is 26.2 Å². The van der Waals surface area contributed by atoms with Crippen molar-refractivity contribution in [3.05, 3.63) is 59.7 Å². The van der Waals surface area contributed by atoms with E-state index < -0.39 is 0 Å². The summed E-state index contributed by atoms with van der Waals surface area (Å²) in [5.41, 5.74) is 3.08. The number of nitrogens with one attached hydrogen (secondary N) is 2. The van der Waals surface area contributed by atoms with Gasteiger partial charge in [0.15, 0.2) is 0 Å². The van der Waals surface area contributed by atoms with E-state index in [1.807, 2.05) is 43.3 Å². The Bertz CT molecular complexity index is 935. The smallest absolute Gasteiger partial charge is 0.227 e. The molecule has 1 saturated heterocycles. The third-order valence-corrected chi connectivity index (χ3v) is 6.68. The molecule has 0 radical (unpaired) electrons. The number of rotatable bonds is 8. The number of amides is 2. The van der Waals surface area contributed by atoms with E-state index >= 15 is 0 Å². The van der Waals surface area contributed by atoms with Crippen LogP contribution in [0.1, 0.15) is 43.7 Å². The maximum atomic E-state index is 12.7. The van der Waals surface area contributed by atoms with Gasteiger partial charge in [0, 0.05) is 43.2 Å². The average molecular weight is 437 g/mol. The fourth-order valence-corrected chi connectivity index (χ4v) is 4.71. The van der Waals surface area contributed by atoms with E-state index in [-0.39, 0.29) is 23.1 Å². The van der Waals surface area contributed by atoms with Crippen LogP contribution < -0.4 is 15.4 Å². The number of carbonyl (C=O) groups is 2. The van der Waals surface area contributed by atoms with Gasteiger partial charge in [0.1, 0.15) is 5.75 Å². The molecule has 2 aliphatic heterocycles. The second-order valence-electron chi connectivity index (χ2n) is 8.71. The Balaban J connectivity index is 1.34. The highest BCUT2D eigenvalue weighted by Crippen LogP contribution is 2.35. The van der Waals surface area contributed by atoms with Crippen molar-refractivity contribution in [3.63, 3.8) is 0 Å². The largest absolute Gasteiger partial charge is 0.494 e. The van der Waals surface area contributed by atoms with Crippen LogP contribution in [0.25, 0.3) is 0 Å². The van der Waals surface area contributed by atoms with Gasteiger partial charge in [-0.3, -0.25) is 9.59 Å². The average Bonchev–Trinajstić information content (AvgIpc) is 2.82. The molecule has 6 nitrogen and oxygen atoms in total. The molecule has 32 heavy (non-hydrogen) atoms. The lowest BCUT2D eigenvalue weighted by Crippen LogP contribution is -2.44. The molecule has 1 atom stereocenters. The number of fused-ring (bicyclic) bond motifs is 1. The van der Waals surface area contributed by atoms with Crippen molar-refractivity contribution in [3.8, 4) is 5.75 Å². The van der Waals surface area contributed by atoms with E-state index in [2.05, 4.69) is 22.8 Å². The summed E-state index contributed by atoms with van der Waals surface area (Å²) in [6.07, 6.45) is 3.30. The van der Waals surface area contributed by atoms with Gasteiger partial charge in [-0.1, -0.05) is 30.3 Å². The van der Waals surface area contributed by atoms with Crippen molar-refractivity contribution < 1.29 is 19.1 Å². The van der Waals surface area contributed by atoms with Gasteiger partial charge in [0.2, 0.25) is 11.8 Å². The van der Waals surface area contributed by atoms with Crippen LogP contribution in [0.15, 0.2) is 48.5 Å². The van der Waals surface area contributed by atoms with Crippen molar-refractivity contribution in [2.45, 2.75) is 44.4 Å². The van der Waals surface area contributed by atoms with Gasteiger partial charge in [-0.05, 0) is 61.9 Å². The monoisotopic (exact) mass is 436 g/mol. The number of ether oxygens (including phenoxy) is 2. The normalized spacial score (nSPS) is 19.5. The number of hydrogen-bond acceptors (Lipinski definition) is 4. The Labute approximate surface area is 189 Å². The molecule has 2 heterocycles. The second-order valence-corrected chi connectivity index (χ2v) is 8.71. The lowest BCUT2D eigenvalue weighted by molar-refractivity contribution is -0.123. The molecule has 2 amide bonds. The zero-order valence-electron chi connectivity index (χ0n) is 18.7. The molecule has 1 unspecified atom stereocenters. The van der Waals surface area contributed by atoms with Crippen LogP contribution >= 0.6 is 0 Å². The number of para-hydroxylation sites is 1. The molecule has 6 heteroatoms. The minimum Gasteiger partial charge on any atom is -0.494 e. The Kier molecular flexibility index (Phi) is 7.10. The summed E-state index contributed by atoms with van der Waals surface area (Å²) in [6, 6.07) is 16.1. The molecule has 0 bridgehead atoms. The highest BCUT2D eigenvalue weighted by Gasteiger charge is 2.35. The lowest BCUT2D eigenvalue weighted by atomic mass is 9.74. The van der Waals surface area contributed by atoms with Crippen molar-refractivity contribution in [1.82, 2.24) is 5.32 Å². The summed E-state index contributed by atoms with van der Waals surface area (Å²) in [7, 11) is 0. The predicted molar refractivity (Wildman–Crippen MR) is 124 cm³/mol. The number of anilines is 1. The van der Waals surface area contributed by atoms with Crippen LogP contribution in [0, 0.1) is 5.92 Å². The molecule has 0 saturated carbocycles. The molecule has 2 aromatic rings. The summed E-state index contributed by atoms with van der Waals surface area (Å²) in [6.45, 7) is 4.55. The molecular formula is C26H32N2O4. The van der Waals surface area contributed by atoms with E-state index in [0.717, 1.165) is 29.8 Å². The molecule has 0 spiro atoms. The van der Waals surface area contributed by atoms with Crippen LogP contribution in [0.3, 0.4) is 0 Å². The topological polar surface area (TPSA) is 76.7 Å². The van der Waals surface area contributed by atoms with Crippen molar-refractivity contribution >= 4 is 17.5 Å². The van der Waals surface area contributed by atoms with Gasteiger partial charge in [-0.15, -0.1) is 0 Å². The van der Waals surface area contributed by atoms with E-state index in [9.17, 15) is 9.59 Å². The summed E-state index contributed by atoms with van der Waals surface area (Å²) >= 11 is 0. The second kappa shape index (κ2) is 10.2. The Morgan fingerprint density at radius 2 is 1.91 bits per heavy atom. The third-order valence-electron chi connectivity index (χ3n) is 6.68. The van der Waals surface area contributed by atoms with Crippen LogP contribution in [-0.4, -0.2) is 38.2 Å². The Morgan fingerprint density at radius 1 is 1.16 bits per heavy atom. The molecule has 4 rings (SSSR count). The van der Waals surface area contributed by atoms with Gasteiger partial charge in [0.05, 0.1) is 6.61 Å².